The van der Waals surface area contributed by atoms with Gasteiger partial charge in [-0.3, -0.25) is 10.4 Å². The first-order valence-corrected chi connectivity index (χ1v) is 7.24. The lowest BCUT2D eigenvalue weighted by Gasteiger charge is -1.99. The quantitative estimate of drug-likeness (QED) is 0.591. The molecule has 0 aliphatic carbocycles. The molecule has 2 heterocycles. The number of hydrogen-bond donors (Lipinski definition) is 1. The Morgan fingerprint density at radius 3 is 2.95 bits per heavy atom. The van der Waals surface area contributed by atoms with Gasteiger partial charge in [0.05, 0.1) is 28.7 Å². The lowest BCUT2D eigenvalue weighted by molar-refractivity contribution is 0.415. The molecule has 0 bridgehead atoms. The molecule has 0 spiro atoms. The van der Waals surface area contributed by atoms with Gasteiger partial charge in [-0.2, -0.15) is 5.10 Å². The Kier molecular flexibility index (Phi) is 3.79. The number of fused-ring (bicyclic) bond motifs is 1. The number of hydrazone groups is 1. The van der Waals surface area contributed by atoms with Crippen LogP contribution in [0.5, 0.6) is 5.75 Å². The third kappa shape index (κ3) is 3.00. The van der Waals surface area contributed by atoms with Crippen molar-refractivity contribution in [3.8, 4) is 5.75 Å². The highest BCUT2D eigenvalue weighted by molar-refractivity contribution is 7.22. The van der Waals surface area contributed by atoms with Crippen molar-refractivity contribution in [1.82, 2.24) is 9.97 Å². The number of thiazole rings is 1. The molecule has 2 aromatic heterocycles. The maximum absolute atomic E-state index is 5.20. The monoisotopic (exact) mass is 298 g/mol. The van der Waals surface area contributed by atoms with Gasteiger partial charge in [-0.1, -0.05) is 17.4 Å². The number of methoxy groups -OCH3 is 1. The first kappa shape index (κ1) is 13.5. The lowest BCUT2D eigenvalue weighted by atomic mass is 10.3. The highest BCUT2D eigenvalue weighted by atomic mass is 32.1. The van der Waals surface area contributed by atoms with E-state index in [9.17, 15) is 0 Å². The second kappa shape index (κ2) is 5.88. The zero-order chi connectivity index (χ0) is 14.7. The molecule has 0 radical (unpaired) electrons. The van der Waals surface area contributed by atoms with Crippen LogP contribution in [0.4, 0.5) is 5.13 Å². The normalized spacial score (nSPS) is 11.6. The second-order valence-corrected chi connectivity index (χ2v) is 5.41. The fourth-order valence-corrected chi connectivity index (χ4v) is 2.64. The number of ether oxygens (including phenoxy) is 1. The van der Waals surface area contributed by atoms with Gasteiger partial charge < -0.3 is 4.74 Å². The SMILES string of the molecule is COc1ccc2sc(N/N=C(\C)c3ccccn3)nc2c1. The average Bonchev–Trinajstić information content (AvgIpc) is 2.95. The van der Waals surface area contributed by atoms with Crippen molar-refractivity contribution in [1.29, 1.82) is 0 Å². The van der Waals surface area contributed by atoms with Crippen LogP contribution in [-0.2, 0) is 0 Å². The molecule has 3 rings (SSSR count). The minimum Gasteiger partial charge on any atom is -0.497 e. The van der Waals surface area contributed by atoms with E-state index in [0.717, 1.165) is 32.5 Å². The number of nitrogens with zero attached hydrogens (tertiary/aromatic N) is 3. The van der Waals surface area contributed by atoms with Gasteiger partial charge in [0.15, 0.2) is 0 Å². The Hall–Kier alpha value is -2.47. The van der Waals surface area contributed by atoms with Crippen LogP contribution in [0.1, 0.15) is 12.6 Å². The van der Waals surface area contributed by atoms with Crippen LogP contribution >= 0.6 is 11.3 Å². The molecule has 0 saturated carbocycles. The molecular weight excluding hydrogens is 284 g/mol. The fraction of sp³-hybridized carbons (Fsp3) is 0.133. The molecule has 21 heavy (non-hydrogen) atoms. The third-order valence-electron chi connectivity index (χ3n) is 2.95. The van der Waals surface area contributed by atoms with Gasteiger partial charge in [-0.25, -0.2) is 4.98 Å². The Balaban J connectivity index is 1.82. The van der Waals surface area contributed by atoms with Crippen LogP contribution in [-0.4, -0.2) is 22.8 Å². The molecule has 3 aromatic rings. The largest absolute Gasteiger partial charge is 0.497 e. The summed E-state index contributed by atoms with van der Waals surface area (Å²) in [5.41, 5.74) is 5.53. The van der Waals surface area contributed by atoms with Crippen LogP contribution < -0.4 is 10.2 Å². The van der Waals surface area contributed by atoms with E-state index >= 15 is 0 Å². The summed E-state index contributed by atoms with van der Waals surface area (Å²) in [6.07, 6.45) is 1.75. The van der Waals surface area contributed by atoms with Crippen LogP contribution in [0.25, 0.3) is 10.2 Å². The fourth-order valence-electron chi connectivity index (χ4n) is 1.85. The summed E-state index contributed by atoms with van der Waals surface area (Å²) in [5.74, 6) is 0.799. The molecule has 0 saturated heterocycles. The Morgan fingerprint density at radius 2 is 2.19 bits per heavy atom. The molecule has 106 valence electrons. The first-order chi connectivity index (χ1) is 10.3. The van der Waals surface area contributed by atoms with E-state index in [2.05, 4.69) is 20.5 Å². The van der Waals surface area contributed by atoms with Crippen LogP contribution in [0.2, 0.25) is 0 Å². The van der Waals surface area contributed by atoms with Crippen molar-refractivity contribution >= 4 is 32.4 Å². The van der Waals surface area contributed by atoms with Crippen molar-refractivity contribution < 1.29 is 4.74 Å². The van der Waals surface area contributed by atoms with Crippen molar-refractivity contribution in [2.24, 2.45) is 5.10 Å². The minimum absolute atomic E-state index is 0.744. The molecule has 5 nitrogen and oxygen atoms in total. The minimum atomic E-state index is 0.744. The van der Waals surface area contributed by atoms with Gasteiger partial charge in [0.1, 0.15) is 5.75 Å². The Morgan fingerprint density at radius 1 is 1.29 bits per heavy atom. The molecule has 0 aliphatic heterocycles. The van der Waals surface area contributed by atoms with E-state index in [-0.39, 0.29) is 0 Å². The predicted molar refractivity (Wildman–Crippen MR) is 86.2 cm³/mol. The lowest BCUT2D eigenvalue weighted by Crippen LogP contribution is -2.01. The number of nitrogens with one attached hydrogen (secondary N) is 1. The number of hydrogen-bond acceptors (Lipinski definition) is 6. The first-order valence-electron chi connectivity index (χ1n) is 6.42. The average molecular weight is 298 g/mol. The van der Waals surface area contributed by atoms with Gasteiger partial charge in [-0.05, 0) is 31.2 Å². The summed E-state index contributed by atoms with van der Waals surface area (Å²) in [4.78, 5) is 8.74. The van der Waals surface area contributed by atoms with Gasteiger partial charge >= 0.3 is 0 Å². The topological polar surface area (TPSA) is 59.4 Å². The van der Waals surface area contributed by atoms with Crippen molar-refractivity contribution in [3.63, 3.8) is 0 Å². The summed E-state index contributed by atoms with van der Waals surface area (Å²) in [6, 6.07) is 11.6. The second-order valence-electron chi connectivity index (χ2n) is 4.38. The molecule has 0 aliphatic rings. The molecule has 6 heteroatoms. The molecule has 1 aromatic carbocycles. The number of aromatic nitrogens is 2. The summed E-state index contributed by atoms with van der Waals surface area (Å²) in [5, 5.41) is 5.07. The standard InChI is InChI=1S/C15H14N4OS/c1-10(12-5-3-4-8-16-12)18-19-15-17-13-9-11(20-2)6-7-14(13)21-15/h3-9H,1-2H3,(H,17,19)/b18-10+. The molecule has 0 amide bonds. The Labute approximate surface area is 126 Å². The van der Waals surface area contributed by atoms with Gasteiger partial charge in [-0.15, -0.1) is 0 Å². The summed E-state index contributed by atoms with van der Waals surface area (Å²) < 4.78 is 6.28. The Bertz CT molecular complexity index is 783. The summed E-state index contributed by atoms with van der Waals surface area (Å²) in [7, 11) is 1.65. The zero-order valence-electron chi connectivity index (χ0n) is 11.7. The van der Waals surface area contributed by atoms with Gasteiger partial charge in [0.25, 0.3) is 0 Å². The maximum atomic E-state index is 5.20. The molecular formula is C15H14N4OS. The van der Waals surface area contributed by atoms with E-state index in [1.807, 2.05) is 43.3 Å². The highest BCUT2D eigenvalue weighted by Crippen LogP contribution is 2.28. The molecule has 0 fully saturated rings. The van der Waals surface area contributed by atoms with E-state index in [1.54, 1.807) is 24.6 Å². The maximum Gasteiger partial charge on any atom is 0.204 e. The van der Waals surface area contributed by atoms with Crippen molar-refractivity contribution in [2.45, 2.75) is 6.92 Å². The van der Waals surface area contributed by atoms with Gasteiger partial charge in [0.2, 0.25) is 5.13 Å². The van der Waals surface area contributed by atoms with E-state index in [1.165, 1.54) is 0 Å². The molecule has 0 atom stereocenters. The molecule has 0 unspecified atom stereocenters. The number of benzene rings is 1. The van der Waals surface area contributed by atoms with Crippen molar-refractivity contribution in [2.75, 3.05) is 12.5 Å². The van der Waals surface area contributed by atoms with Crippen LogP contribution in [0.15, 0.2) is 47.7 Å². The van der Waals surface area contributed by atoms with Crippen molar-refractivity contribution in [3.05, 3.63) is 48.3 Å². The number of rotatable bonds is 4. The smallest absolute Gasteiger partial charge is 0.204 e. The zero-order valence-corrected chi connectivity index (χ0v) is 12.5. The highest BCUT2D eigenvalue weighted by Gasteiger charge is 2.05. The number of anilines is 1. The van der Waals surface area contributed by atoms with E-state index in [4.69, 9.17) is 4.74 Å². The summed E-state index contributed by atoms with van der Waals surface area (Å²) >= 11 is 1.55. The third-order valence-corrected chi connectivity index (χ3v) is 3.89. The van der Waals surface area contributed by atoms with Gasteiger partial charge in [0, 0.05) is 12.3 Å². The van der Waals surface area contributed by atoms with Crippen LogP contribution in [0.3, 0.4) is 0 Å². The molecule has 1 N–H and O–H groups in total. The summed E-state index contributed by atoms with van der Waals surface area (Å²) in [6.45, 7) is 1.91. The predicted octanol–water partition coefficient (Wildman–Crippen LogP) is 3.54. The van der Waals surface area contributed by atoms with Crippen LogP contribution in [0, 0.1) is 0 Å². The van der Waals surface area contributed by atoms with E-state index in [0.29, 0.717) is 0 Å². The number of pyridine rings is 1. The van der Waals surface area contributed by atoms with E-state index < -0.39 is 0 Å².